The Morgan fingerprint density at radius 2 is 1.88 bits per heavy atom. The zero-order chi connectivity index (χ0) is 11.7. The molecule has 92 valence electrons. The predicted molar refractivity (Wildman–Crippen MR) is 71.8 cm³/mol. The van der Waals surface area contributed by atoms with Gasteiger partial charge in [-0.15, -0.1) is 11.8 Å². The van der Waals surface area contributed by atoms with Crippen LogP contribution in [-0.2, 0) is 0 Å². The van der Waals surface area contributed by atoms with E-state index in [2.05, 4.69) is 23.5 Å². The van der Waals surface area contributed by atoms with Crippen LogP contribution in [0.1, 0.15) is 25.7 Å². The van der Waals surface area contributed by atoms with Gasteiger partial charge in [-0.1, -0.05) is 12.1 Å². The number of ether oxygens (including phenoxy) is 1. The molecular formula is C14H19NOS. The van der Waals surface area contributed by atoms with Gasteiger partial charge in [0.2, 0.25) is 0 Å². The molecule has 0 unspecified atom stereocenters. The van der Waals surface area contributed by atoms with E-state index in [0.717, 1.165) is 23.1 Å². The summed E-state index contributed by atoms with van der Waals surface area (Å²) in [7, 11) is 1.76. The summed E-state index contributed by atoms with van der Waals surface area (Å²) < 4.78 is 5.42. The Morgan fingerprint density at radius 3 is 2.59 bits per heavy atom. The number of thioether (sulfide) groups is 1. The molecule has 1 N–H and O–H groups in total. The highest BCUT2D eigenvalue weighted by Gasteiger charge is 2.33. The van der Waals surface area contributed by atoms with Crippen molar-refractivity contribution in [1.29, 1.82) is 0 Å². The molecular weight excluding hydrogens is 230 g/mol. The average molecular weight is 249 g/mol. The van der Waals surface area contributed by atoms with E-state index in [1.54, 1.807) is 7.11 Å². The quantitative estimate of drug-likeness (QED) is 0.889. The maximum atomic E-state index is 5.42. The SMILES string of the molecule is COc1ccccc1SC1C[C@H]2CC[C@H](C1)N2. The second-order valence-electron chi connectivity index (χ2n) is 5.00. The van der Waals surface area contributed by atoms with Gasteiger partial charge in [0.05, 0.1) is 7.11 Å². The van der Waals surface area contributed by atoms with Gasteiger partial charge in [-0.05, 0) is 37.8 Å². The summed E-state index contributed by atoms with van der Waals surface area (Å²) in [5.74, 6) is 1.02. The van der Waals surface area contributed by atoms with Crippen molar-refractivity contribution < 1.29 is 4.74 Å². The third kappa shape index (κ3) is 2.45. The molecule has 1 aromatic carbocycles. The molecule has 2 bridgehead atoms. The third-order valence-electron chi connectivity index (χ3n) is 3.79. The van der Waals surface area contributed by atoms with Crippen molar-refractivity contribution in [3.8, 4) is 5.75 Å². The van der Waals surface area contributed by atoms with Crippen molar-refractivity contribution in [1.82, 2.24) is 5.32 Å². The molecule has 1 aromatic rings. The molecule has 0 radical (unpaired) electrons. The van der Waals surface area contributed by atoms with E-state index in [1.165, 1.54) is 30.6 Å². The van der Waals surface area contributed by atoms with Crippen LogP contribution in [0, 0.1) is 0 Å². The highest BCUT2D eigenvalue weighted by molar-refractivity contribution is 8.00. The Hall–Kier alpha value is -0.670. The van der Waals surface area contributed by atoms with Crippen LogP contribution >= 0.6 is 11.8 Å². The van der Waals surface area contributed by atoms with Gasteiger partial charge in [-0.3, -0.25) is 0 Å². The van der Waals surface area contributed by atoms with Crippen molar-refractivity contribution in [2.45, 2.75) is 47.9 Å². The van der Waals surface area contributed by atoms with E-state index in [9.17, 15) is 0 Å². The first-order valence-electron chi connectivity index (χ1n) is 6.41. The average Bonchev–Trinajstić information content (AvgIpc) is 2.69. The fraction of sp³-hybridized carbons (Fsp3) is 0.571. The van der Waals surface area contributed by atoms with Gasteiger partial charge in [0.25, 0.3) is 0 Å². The number of nitrogens with one attached hydrogen (secondary N) is 1. The third-order valence-corrected chi connectivity index (χ3v) is 5.10. The summed E-state index contributed by atoms with van der Waals surface area (Å²) in [5, 5.41) is 4.44. The first-order chi connectivity index (χ1) is 8.35. The van der Waals surface area contributed by atoms with Gasteiger partial charge in [0.1, 0.15) is 5.75 Å². The lowest BCUT2D eigenvalue weighted by Gasteiger charge is -2.28. The number of hydrogen-bond donors (Lipinski definition) is 1. The summed E-state index contributed by atoms with van der Waals surface area (Å²) in [6, 6.07) is 9.89. The molecule has 3 rings (SSSR count). The number of fused-ring (bicyclic) bond motifs is 2. The Morgan fingerprint density at radius 1 is 1.18 bits per heavy atom. The van der Waals surface area contributed by atoms with Crippen LogP contribution in [0.5, 0.6) is 5.75 Å². The Bertz CT molecular complexity index is 384. The largest absolute Gasteiger partial charge is 0.496 e. The molecule has 2 saturated heterocycles. The summed E-state index contributed by atoms with van der Waals surface area (Å²) in [5.41, 5.74) is 0. The van der Waals surface area contributed by atoms with Gasteiger partial charge in [0.15, 0.2) is 0 Å². The van der Waals surface area contributed by atoms with E-state index >= 15 is 0 Å². The van der Waals surface area contributed by atoms with Crippen molar-refractivity contribution in [2.24, 2.45) is 0 Å². The van der Waals surface area contributed by atoms with E-state index in [4.69, 9.17) is 4.74 Å². The van der Waals surface area contributed by atoms with Crippen LogP contribution in [-0.4, -0.2) is 24.4 Å². The molecule has 17 heavy (non-hydrogen) atoms. The summed E-state index contributed by atoms with van der Waals surface area (Å²) in [6.07, 6.45) is 5.35. The lowest BCUT2D eigenvalue weighted by Crippen LogP contribution is -2.39. The zero-order valence-electron chi connectivity index (χ0n) is 10.2. The molecule has 2 heterocycles. The van der Waals surface area contributed by atoms with Crippen LogP contribution < -0.4 is 10.1 Å². The maximum absolute atomic E-state index is 5.42. The Balaban J connectivity index is 1.70. The monoisotopic (exact) mass is 249 g/mol. The van der Waals surface area contributed by atoms with E-state index in [1.807, 2.05) is 17.8 Å². The Labute approximate surface area is 107 Å². The van der Waals surface area contributed by atoms with Crippen LogP contribution in [0.3, 0.4) is 0 Å². The fourth-order valence-corrected chi connectivity index (χ4v) is 4.44. The number of para-hydroxylation sites is 1. The maximum Gasteiger partial charge on any atom is 0.132 e. The summed E-state index contributed by atoms with van der Waals surface area (Å²) in [4.78, 5) is 1.29. The predicted octanol–water partition coefficient (Wildman–Crippen LogP) is 3.07. The minimum atomic E-state index is 0.755. The fourth-order valence-electron chi connectivity index (χ4n) is 3.00. The summed E-state index contributed by atoms with van der Waals surface area (Å²) in [6.45, 7) is 0. The highest BCUT2D eigenvalue weighted by atomic mass is 32.2. The molecule has 0 aromatic heterocycles. The van der Waals surface area contributed by atoms with Gasteiger partial charge < -0.3 is 10.1 Å². The van der Waals surface area contributed by atoms with Crippen LogP contribution in [0.2, 0.25) is 0 Å². The first-order valence-corrected chi connectivity index (χ1v) is 7.29. The smallest absolute Gasteiger partial charge is 0.132 e. The molecule has 2 nitrogen and oxygen atoms in total. The molecule has 2 fully saturated rings. The lowest BCUT2D eigenvalue weighted by molar-refractivity contribution is 0.402. The molecule has 0 saturated carbocycles. The van der Waals surface area contributed by atoms with E-state index in [0.29, 0.717) is 0 Å². The Kier molecular flexibility index (Phi) is 3.30. The standard InChI is InChI=1S/C14H19NOS/c1-16-13-4-2-3-5-14(13)17-12-8-10-6-7-11(9-12)15-10/h2-5,10-12,15H,6-9H2,1H3/t10-,11-/m1/s1. The van der Waals surface area contributed by atoms with Crippen LogP contribution in [0.25, 0.3) is 0 Å². The first kappa shape index (κ1) is 11.4. The topological polar surface area (TPSA) is 21.3 Å². The van der Waals surface area contributed by atoms with Gasteiger partial charge >= 0.3 is 0 Å². The number of benzene rings is 1. The van der Waals surface area contributed by atoms with Gasteiger partial charge in [-0.25, -0.2) is 0 Å². The lowest BCUT2D eigenvalue weighted by atomic mass is 10.1. The normalized spacial score (nSPS) is 31.5. The highest BCUT2D eigenvalue weighted by Crippen LogP contribution is 2.40. The number of hydrogen-bond acceptors (Lipinski definition) is 3. The van der Waals surface area contributed by atoms with Crippen molar-refractivity contribution >= 4 is 11.8 Å². The van der Waals surface area contributed by atoms with Crippen molar-refractivity contribution in [2.75, 3.05) is 7.11 Å². The summed E-state index contributed by atoms with van der Waals surface area (Å²) >= 11 is 2.00. The molecule has 0 spiro atoms. The minimum Gasteiger partial charge on any atom is -0.496 e. The van der Waals surface area contributed by atoms with Crippen LogP contribution in [0.4, 0.5) is 0 Å². The second-order valence-corrected chi connectivity index (χ2v) is 6.34. The minimum absolute atomic E-state index is 0.755. The van der Waals surface area contributed by atoms with Crippen LogP contribution in [0.15, 0.2) is 29.2 Å². The van der Waals surface area contributed by atoms with E-state index < -0.39 is 0 Å². The molecule has 3 heteroatoms. The second kappa shape index (κ2) is 4.91. The molecule has 0 amide bonds. The molecule has 0 aliphatic carbocycles. The molecule has 2 atom stereocenters. The number of methoxy groups -OCH3 is 1. The zero-order valence-corrected chi connectivity index (χ0v) is 11.0. The van der Waals surface area contributed by atoms with Crippen molar-refractivity contribution in [3.63, 3.8) is 0 Å². The number of piperidine rings is 1. The van der Waals surface area contributed by atoms with Crippen molar-refractivity contribution in [3.05, 3.63) is 24.3 Å². The van der Waals surface area contributed by atoms with E-state index in [-0.39, 0.29) is 0 Å². The molecule has 2 aliphatic heterocycles. The number of rotatable bonds is 3. The van der Waals surface area contributed by atoms with Gasteiger partial charge in [-0.2, -0.15) is 0 Å². The molecule has 2 aliphatic rings. The van der Waals surface area contributed by atoms with Gasteiger partial charge in [0, 0.05) is 22.2 Å².